The average molecular weight is 338 g/mol. The van der Waals surface area contributed by atoms with Crippen molar-refractivity contribution in [3.05, 3.63) is 29.8 Å². The van der Waals surface area contributed by atoms with Gasteiger partial charge < -0.3 is 10.1 Å². The average Bonchev–Trinajstić information content (AvgIpc) is 3.37. The van der Waals surface area contributed by atoms with Gasteiger partial charge in [-0.05, 0) is 55.8 Å². The summed E-state index contributed by atoms with van der Waals surface area (Å²) in [5.74, 6) is 1.61. The second-order valence-electron chi connectivity index (χ2n) is 6.63. The highest BCUT2D eigenvalue weighted by Crippen LogP contribution is 2.28. The zero-order valence-corrected chi connectivity index (χ0v) is 14.5. The van der Waals surface area contributed by atoms with E-state index >= 15 is 0 Å². The first-order valence-electron chi connectivity index (χ1n) is 8.41. The highest BCUT2D eigenvalue weighted by Gasteiger charge is 2.29. The molecule has 6 heteroatoms. The molecule has 1 heterocycles. The Balaban J connectivity index is 1.53. The normalized spacial score (nSPS) is 20.6. The van der Waals surface area contributed by atoms with Gasteiger partial charge in [-0.15, -0.1) is 0 Å². The van der Waals surface area contributed by atoms with Crippen LogP contribution in [0, 0.1) is 5.92 Å². The zero-order chi connectivity index (χ0) is 16.3. The zero-order valence-electron chi connectivity index (χ0n) is 13.7. The van der Waals surface area contributed by atoms with Crippen LogP contribution >= 0.6 is 0 Å². The number of methoxy groups -OCH3 is 1. The van der Waals surface area contributed by atoms with E-state index in [2.05, 4.69) is 5.32 Å². The van der Waals surface area contributed by atoms with Gasteiger partial charge in [-0.25, -0.2) is 12.7 Å². The molecule has 2 fully saturated rings. The summed E-state index contributed by atoms with van der Waals surface area (Å²) in [5.41, 5.74) is 0.776. The van der Waals surface area contributed by atoms with Crippen LogP contribution in [0.5, 0.6) is 5.75 Å². The summed E-state index contributed by atoms with van der Waals surface area (Å²) in [6.45, 7) is 2.34. The largest absolute Gasteiger partial charge is 0.497 e. The van der Waals surface area contributed by atoms with E-state index in [1.165, 1.54) is 12.8 Å². The number of sulfonamides is 1. The van der Waals surface area contributed by atoms with Gasteiger partial charge in [-0.1, -0.05) is 12.1 Å². The Bertz CT molecular complexity index is 620. The summed E-state index contributed by atoms with van der Waals surface area (Å²) < 4.78 is 32.0. The predicted molar refractivity (Wildman–Crippen MR) is 90.9 cm³/mol. The van der Waals surface area contributed by atoms with E-state index in [0.717, 1.165) is 30.9 Å². The Morgan fingerprint density at radius 3 is 2.61 bits per heavy atom. The summed E-state index contributed by atoms with van der Waals surface area (Å²) >= 11 is 0. The van der Waals surface area contributed by atoms with Gasteiger partial charge in [0.25, 0.3) is 0 Å². The summed E-state index contributed by atoms with van der Waals surface area (Å²) in [4.78, 5) is 0. The molecule has 1 N–H and O–H groups in total. The molecule has 1 aliphatic carbocycles. The van der Waals surface area contributed by atoms with Crippen LogP contribution in [0.4, 0.5) is 0 Å². The van der Waals surface area contributed by atoms with E-state index in [9.17, 15) is 8.42 Å². The Morgan fingerprint density at radius 1 is 1.22 bits per heavy atom. The number of benzene rings is 1. The third-order valence-electron chi connectivity index (χ3n) is 4.72. The monoisotopic (exact) mass is 338 g/mol. The number of ether oxygens (including phenoxy) is 1. The maximum Gasteiger partial charge on any atom is 0.218 e. The van der Waals surface area contributed by atoms with Crippen LogP contribution in [-0.2, 0) is 15.8 Å². The minimum Gasteiger partial charge on any atom is -0.497 e. The molecule has 0 bridgehead atoms. The van der Waals surface area contributed by atoms with Crippen molar-refractivity contribution in [1.29, 1.82) is 0 Å². The Hall–Kier alpha value is -1.11. The van der Waals surface area contributed by atoms with Crippen molar-refractivity contribution in [2.75, 3.05) is 26.7 Å². The summed E-state index contributed by atoms with van der Waals surface area (Å²) in [7, 11) is -1.66. The van der Waals surface area contributed by atoms with Gasteiger partial charge in [-0.2, -0.15) is 0 Å². The first-order chi connectivity index (χ1) is 11.1. The van der Waals surface area contributed by atoms with Gasteiger partial charge in [-0.3, -0.25) is 0 Å². The standard InChI is InChI=1S/C17H26N2O3S/c1-22-17-4-2-3-15(11-17)13-23(20,21)19-9-7-16(8-10-19)18-12-14-5-6-14/h2-4,11,14,16,18H,5-10,12-13H2,1H3. The molecule has 2 aliphatic rings. The molecule has 0 radical (unpaired) electrons. The Kier molecular flexibility index (Phi) is 5.24. The number of piperidine rings is 1. The van der Waals surface area contributed by atoms with E-state index in [4.69, 9.17) is 4.74 Å². The molecule has 23 heavy (non-hydrogen) atoms. The van der Waals surface area contributed by atoms with Crippen molar-refractivity contribution in [2.24, 2.45) is 5.92 Å². The van der Waals surface area contributed by atoms with Gasteiger partial charge >= 0.3 is 0 Å². The molecule has 0 spiro atoms. The van der Waals surface area contributed by atoms with Crippen LogP contribution in [0.2, 0.25) is 0 Å². The number of nitrogens with zero attached hydrogens (tertiary/aromatic N) is 1. The van der Waals surface area contributed by atoms with Crippen LogP contribution in [0.25, 0.3) is 0 Å². The van der Waals surface area contributed by atoms with Crippen molar-refractivity contribution in [3.63, 3.8) is 0 Å². The summed E-state index contributed by atoms with van der Waals surface area (Å²) in [5, 5.41) is 3.58. The van der Waals surface area contributed by atoms with Gasteiger partial charge in [0.1, 0.15) is 5.75 Å². The molecule has 0 aromatic heterocycles. The van der Waals surface area contributed by atoms with E-state index < -0.39 is 10.0 Å². The quantitative estimate of drug-likeness (QED) is 0.826. The first kappa shape index (κ1) is 16.7. The van der Waals surface area contributed by atoms with Crippen LogP contribution in [0.3, 0.4) is 0 Å². The predicted octanol–water partition coefficient (Wildman–Crippen LogP) is 1.99. The minimum absolute atomic E-state index is 0.0460. The second-order valence-corrected chi connectivity index (χ2v) is 8.60. The lowest BCUT2D eigenvalue weighted by molar-refractivity contribution is 0.287. The van der Waals surface area contributed by atoms with Gasteiger partial charge in [0, 0.05) is 19.1 Å². The van der Waals surface area contributed by atoms with Crippen molar-refractivity contribution in [2.45, 2.75) is 37.5 Å². The number of hydrogen-bond donors (Lipinski definition) is 1. The molecule has 1 aromatic carbocycles. The molecule has 5 nitrogen and oxygen atoms in total. The Morgan fingerprint density at radius 2 is 1.96 bits per heavy atom. The summed E-state index contributed by atoms with van der Waals surface area (Å²) in [6, 6.07) is 7.76. The van der Waals surface area contributed by atoms with Crippen LogP contribution in [0.1, 0.15) is 31.2 Å². The highest BCUT2D eigenvalue weighted by molar-refractivity contribution is 7.88. The van der Waals surface area contributed by atoms with Crippen molar-refractivity contribution in [1.82, 2.24) is 9.62 Å². The molecule has 0 unspecified atom stereocenters. The lowest BCUT2D eigenvalue weighted by atomic mass is 10.1. The molecule has 1 aromatic rings. The van der Waals surface area contributed by atoms with E-state index in [0.29, 0.717) is 24.9 Å². The molecule has 128 valence electrons. The number of rotatable bonds is 7. The van der Waals surface area contributed by atoms with Crippen LogP contribution in [-0.4, -0.2) is 45.5 Å². The van der Waals surface area contributed by atoms with Gasteiger partial charge in [0.15, 0.2) is 0 Å². The molecule has 0 atom stereocenters. The lowest BCUT2D eigenvalue weighted by Crippen LogP contribution is -2.45. The van der Waals surface area contributed by atoms with Crippen LogP contribution < -0.4 is 10.1 Å². The van der Waals surface area contributed by atoms with Gasteiger partial charge in [0.2, 0.25) is 10.0 Å². The second kappa shape index (κ2) is 7.20. The minimum atomic E-state index is -3.25. The first-order valence-corrected chi connectivity index (χ1v) is 10.0. The fourth-order valence-corrected chi connectivity index (χ4v) is 4.61. The third-order valence-corrected chi connectivity index (χ3v) is 6.57. The highest BCUT2D eigenvalue weighted by atomic mass is 32.2. The molecular formula is C17H26N2O3S. The van der Waals surface area contributed by atoms with E-state index in [1.807, 2.05) is 18.2 Å². The molecular weight excluding hydrogens is 312 g/mol. The van der Waals surface area contributed by atoms with Crippen molar-refractivity contribution in [3.8, 4) is 5.75 Å². The Labute approximate surface area is 139 Å². The fraction of sp³-hybridized carbons (Fsp3) is 0.647. The van der Waals surface area contributed by atoms with Gasteiger partial charge in [0.05, 0.1) is 12.9 Å². The fourth-order valence-electron chi connectivity index (χ4n) is 3.06. The number of nitrogens with one attached hydrogen (secondary N) is 1. The molecule has 1 aliphatic heterocycles. The lowest BCUT2D eigenvalue weighted by Gasteiger charge is -2.31. The van der Waals surface area contributed by atoms with Crippen LogP contribution in [0.15, 0.2) is 24.3 Å². The SMILES string of the molecule is COc1cccc(CS(=O)(=O)N2CCC(NCC3CC3)CC2)c1. The van der Waals surface area contributed by atoms with E-state index in [-0.39, 0.29) is 5.75 Å². The molecule has 3 rings (SSSR count). The topological polar surface area (TPSA) is 58.6 Å². The third kappa shape index (κ3) is 4.68. The molecule has 1 saturated heterocycles. The molecule has 0 amide bonds. The molecule has 1 saturated carbocycles. The summed E-state index contributed by atoms with van der Waals surface area (Å²) in [6.07, 6.45) is 4.51. The number of hydrogen-bond acceptors (Lipinski definition) is 4. The van der Waals surface area contributed by atoms with Crippen molar-refractivity contribution < 1.29 is 13.2 Å². The van der Waals surface area contributed by atoms with Crippen molar-refractivity contribution >= 4 is 10.0 Å². The maximum atomic E-state index is 12.6. The van der Waals surface area contributed by atoms with E-state index in [1.54, 1.807) is 17.5 Å². The smallest absolute Gasteiger partial charge is 0.218 e. The maximum absolute atomic E-state index is 12.6.